The number of hydrogen-bond acceptors (Lipinski definition) is 3. The van der Waals surface area contributed by atoms with Gasteiger partial charge in [-0.15, -0.1) is 0 Å². The topological polar surface area (TPSA) is 54.0 Å². The van der Waals surface area contributed by atoms with Crippen LogP contribution in [-0.2, 0) is 0 Å². The number of carbonyl (C=O) groups excluding carboxylic acids is 1. The molecule has 0 saturated carbocycles. The molecule has 2 rings (SSSR count). The molecule has 0 saturated heterocycles. The Hall–Kier alpha value is -2.36. The second kappa shape index (κ2) is 6.88. The van der Waals surface area contributed by atoms with E-state index in [1.165, 1.54) is 5.56 Å². The highest BCUT2D eigenvalue weighted by Crippen LogP contribution is 2.14. The molecule has 1 amide bonds. The third-order valence-electron chi connectivity index (χ3n) is 3.30. The van der Waals surface area contributed by atoms with Crippen molar-refractivity contribution >= 4 is 11.6 Å². The Labute approximate surface area is 125 Å². The summed E-state index contributed by atoms with van der Waals surface area (Å²) < 4.78 is 0. The first kappa shape index (κ1) is 15.0. The highest BCUT2D eigenvalue weighted by Gasteiger charge is 2.12. The molecule has 21 heavy (non-hydrogen) atoms. The minimum atomic E-state index is -0.161. The number of aryl methyl sites for hydroxylation is 1. The van der Waals surface area contributed by atoms with Gasteiger partial charge in [-0.2, -0.15) is 0 Å². The lowest BCUT2D eigenvalue weighted by Crippen LogP contribution is -2.27. The van der Waals surface area contributed by atoms with Gasteiger partial charge in [0.15, 0.2) is 0 Å². The van der Waals surface area contributed by atoms with E-state index in [1.54, 1.807) is 12.3 Å². The van der Waals surface area contributed by atoms with Gasteiger partial charge in [-0.25, -0.2) is 4.98 Å². The predicted molar refractivity (Wildman–Crippen MR) is 85.5 cm³/mol. The SMILES string of the molecule is CCNc1ccc(C(=O)NC(C)c2ccc(C)cc2)nc1. The molecule has 0 aliphatic rings. The fourth-order valence-corrected chi connectivity index (χ4v) is 2.05. The van der Waals surface area contributed by atoms with Crippen molar-refractivity contribution in [3.8, 4) is 0 Å². The van der Waals surface area contributed by atoms with Gasteiger partial charge < -0.3 is 10.6 Å². The van der Waals surface area contributed by atoms with Gasteiger partial charge >= 0.3 is 0 Å². The van der Waals surface area contributed by atoms with Crippen LogP contribution in [0.4, 0.5) is 5.69 Å². The van der Waals surface area contributed by atoms with Crippen molar-refractivity contribution in [2.75, 3.05) is 11.9 Å². The van der Waals surface area contributed by atoms with E-state index in [1.807, 2.05) is 51.1 Å². The van der Waals surface area contributed by atoms with E-state index < -0.39 is 0 Å². The molecule has 0 radical (unpaired) electrons. The second-order valence-electron chi connectivity index (χ2n) is 5.07. The first-order chi connectivity index (χ1) is 10.1. The van der Waals surface area contributed by atoms with Gasteiger partial charge in [0.25, 0.3) is 5.91 Å². The predicted octanol–water partition coefficient (Wildman–Crippen LogP) is 3.31. The van der Waals surface area contributed by atoms with E-state index in [0.29, 0.717) is 5.69 Å². The zero-order valence-corrected chi connectivity index (χ0v) is 12.7. The summed E-state index contributed by atoms with van der Waals surface area (Å²) in [5.41, 5.74) is 3.63. The van der Waals surface area contributed by atoms with Crippen molar-refractivity contribution in [2.24, 2.45) is 0 Å². The third-order valence-corrected chi connectivity index (χ3v) is 3.30. The molecular formula is C17H21N3O. The largest absolute Gasteiger partial charge is 0.384 e. The summed E-state index contributed by atoms with van der Waals surface area (Å²) >= 11 is 0. The Bertz CT molecular complexity index is 590. The van der Waals surface area contributed by atoms with E-state index in [4.69, 9.17) is 0 Å². The molecule has 0 aliphatic heterocycles. The third kappa shape index (κ3) is 4.05. The Morgan fingerprint density at radius 3 is 2.48 bits per heavy atom. The maximum atomic E-state index is 12.2. The average molecular weight is 283 g/mol. The Morgan fingerprint density at radius 2 is 1.90 bits per heavy atom. The van der Waals surface area contributed by atoms with Crippen LogP contribution in [0.5, 0.6) is 0 Å². The van der Waals surface area contributed by atoms with Crippen LogP contribution >= 0.6 is 0 Å². The number of pyridine rings is 1. The molecule has 2 aromatic rings. The van der Waals surface area contributed by atoms with Crippen LogP contribution in [-0.4, -0.2) is 17.4 Å². The van der Waals surface area contributed by atoms with Crippen LogP contribution in [0.25, 0.3) is 0 Å². The lowest BCUT2D eigenvalue weighted by Gasteiger charge is -2.14. The number of amides is 1. The maximum absolute atomic E-state index is 12.2. The first-order valence-electron chi connectivity index (χ1n) is 7.17. The smallest absolute Gasteiger partial charge is 0.270 e. The summed E-state index contributed by atoms with van der Waals surface area (Å²) in [5.74, 6) is -0.161. The van der Waals surface area contributed by atoms with Crippen LogP contribution in [0.15, 0.2) is 42.6 Å². The van der Waals surface area contributed by atoms with Crippen LogP contribution < -0.4 is 10.6 Å². The molecule has 4 nitrogen and oxygen atoms in total. The number of benzene rings is 1. The molecule has 1 aromatic carbocycles. The van der Waals surface area contributed by atoms with Crippen LogP contribution in [0.2, 0.25) is 0 Å². The minimum Gasteiger partial charge on any atom is -0.384 e. The Balaban J connectivity index is 2.01. The molecule has 0 fully saturated rings. The van der Waals surface area contributed by atoms with Crippen LogP contribution in [0.3, 0.4) is 0 Å². The maximum Gasteiger partial charge on any atom is 0.270 e. The van der Waals surface area contributed by atoms with E-state index in [-0.39, 0.29) is 11.9 Å². The number of carbonyl (C=O) groups is 1. The van der Waals surface area contributed by atoms with Crippen molar-refractivity contribution in [1.82, 2.24) is 10.3 Å². The summed E-state index contributed by atoms with van der Waals surface area (Å²) in [7, 11) is 0. The van der Waals surface area contributed by atoms with Crippen molar-refractivity contribution in [2.45, 2.75) is 26.8 Å². The number of nitrogens with zero attached hydrogens (tertiary/aromatic N) is 1. The molecule has 1 aromatic heterocycles. The molecule has 0 aliphatic carbocycles. The van der Waals surface area contributed by atoms with Crippen molar-refractivity contribution in [3.63, 3.8) is 0 Å². The van der Waals surface area contributed by atoms with Gasteiger partial charge in [0.1, 0.15) is 5.69 Å². The number of nitrogens with one attached hydrogen (secondary N) is 2. The van der Waals surface area contributed by atoms with Crippen LogP contribution in [0.1, 0.15) is 41.5 Å². The number of aromatic nitrogens is 1. The molecular weight excluding hydrogens is 262 g/mol. The summed E-state index contributed by atoms with van der Waals surface area (Å²) in [6, 6.07) is 11.7. The molecule has 1 heterocycles. The monoisotopic (exact) mass is 283 g/mol. The van der Waals surface area contributed by atoms with Crippen molar-refractivity contribution < 1.29 is 4.79 Å². The van der Waals surface area contributed by atoms with E-state index in [2.05, 4.69) is 15.6 Å². The lowest BCUT2D eigenvalue weighted by molar-refractivity contribution is 0.0935. The first-order valence-corrected chi connectivity index (χ1v) is 7.17. The van der Waals surface area contributed by atoms with Crippen molar-refractivity contribution in [3.05, 3.63) is 59.4 Å². The van der Waals surface area contributed by atoms with Crippen molar-refractivity contribution in [1.29, 1.82) is 0 Å². The average Bonchev–Trinajstić information content (AvgIpc) is 2.49. The number of anilines is 1. The van der Waals surface area contributed by atoms with E-state index >= 15 is 0 Å². The fraction of sp³-hybridized carbons (Fsp3) is 0.294. The molecule has 1 atom stereocenters. The summed E-state index contributed by atoms with van der Waals surface area (Å²) in [4.78, 5) is 16.4. The molecule has 0 spiro atoms. The quantitative estimate of drug-likeness (QED) is 0.885. The van der Waals surface area contributed by atoms with Gasteiger partial charge in [-0.05, 0) is 38.5 Å². The summed E-state index contributed by atoms with van der Waals surface area (Å²) in [6.07, 6.45) is 1.68. The van der Waals surface area contributed by atoms with Gasteiger partial charge in [-0.1, -0.05) is 29.8 Å². The van der Waals surface area contributed by atoms with Gasteiger partial charge in [0.05, 0.1) is 17.9 Å². The lowest BCUT2D eigenvalue weighted by atomic mass is 10.1. The number of rotatable bonds is 5. The molecule has 0 bridgehead atoms. The highest BCUT2D eigenvalue weighted by molar-refractivity contribution is 5.92. The highest BCUT2D eigenvalue weighted by atomic mass is 16.1. The molecule has 110 valence electrons. The zero-order chi connectivity index (χ0) is 15.2. The standard InChI is InChI=1S/C17H21N3O/c1-4-18-15-9-10-16(19-11-15)17(21)20-13(3)14-7-5-12(2)6-8-14/h5-11,13,18H,4H2,1-3H3,(H,20,21). The van der Waals surface area contributed by atoms with E-state index in [0.717, 1.165) is 17.8 Å². The van der Waals surface area contributed by atoms with Gasteiger partial charge in [-0.3, -0.25) is 4.79 Å². The summed E-state index contributed by atoms with van der Waals surface area (Å²) in [5, 5.41) is 6.11. The molecule has 2 N–H and O–H groups in total. The minimum absolute atomic E-state index is 0.0478. The fourth-order valence-electron chi connectivity index (χ4n) is 2.05. The summed E-state index contributed by atoms with van der Waals surface area (Å²) in [6.45, 7) is 6.86. The van der Waals surface area contributed by atoms with Gasteiger partial charge in [0.2, 0.25) is 0 Å². The Morgan fingerprint density at radius 1 is 1.19 bits per heavy atom. The Kier molecular flexibility index (Phi) is 4.93. The van der Waals surface area contributed by atoms with E-state index in [9.17, 15) is 4.79 Å². The second-order valence-corrected chi connectivity index (χ2v) is 5.07. The normalized spacial score (nSPS) is 11.8. The number of hydrogen-bond donors (Lipinski definition) is 2. The molecule has 4 heteroatoms. The van der Waals surface area contributed by atoms with Gasteiger partial charge in [0, 0.05) is 6.54 Å². The molecule has 1 unspecified atom stereocenters. The zero-order valence-electron chi connectivity index (χ0n) is 12.7. The van der Waals surface area contributed by atoms with Crippen LogP contribution in [0, 0.1) is 6.92 Å².